The van der Waals surface area contributed by atoms with E-state index in [4.69, 9.17) is 9.47 Å². The van der Waals surface area contributed by atoms with E-state index in [1.807, 2.05) is 38.1 Å². The minimum atomic E-state index is -0.558. The Balaban J connectivity index is 1.68. The second-order valence-electron chi connectivity index (χ2n) is 5.95. The van der Waals surface area contributed by atoms with Gasteiger partial charge in [0.05, 0.1) is 6.61 Å². The lowest BCUT2D eigenvalue weighted by Crippen LogP contribution is -2.38. The SMILES string of the molecule is CCOc1ccccc1C(=O)OCC(=O)N1c2ccccc2C[C@@H]1C. The Morgan fingerprint density at radius 3 is 2.64 bits per heavy atom. The van der Waals surface area contributed by atoms with E-state index in [1.54, 1.807) is 29.2 Å². The largest absolute Gasteiger partial charge is 0.493 e. The van der Waals surface area contributed by atoms with Gasteiger partial charge in [-0.25, -0.2) is 4.79 Å². The molecule has 1 heterocycles. The van der Waals surface area contributed by atoms with Crippen molar-refractivity contribution in [3.05, 3.63) is 59.7 Å². The number of fused-ring (bicyclic) bond motifs is 1. The molecule has 0 N–H and O–H groups in total. The van der Waals surface area contributed by atoms with E-state index < -0.39 is 5.97 Å². The van der Waals surface area contributed by atoms with E-state index in [1.165, 1.54) is 0 Å². The molecule has 0 unspecified atom stereocenters. The van der Waals surface area contributed by atoms with Crippen LogP contribution in [0.25, 0.3) is 0 Å². The number of benzene rings is 2. The molecular weight excluding hydrogens is 318 g/mol. The number of amides is 1. The van der Waals surface area contributed by atoms with Gasteiger partial charge >= 0.3 is 5.97 Å². The van der Waals surface area contributed by atoms with Crippen molar-refractivity contribution in [1.29, 1.82) is 0 Å². The summed E-state index contributed by atoms with van der Waals surface area (Å²) >= 11 is 0. The maximum absolute atomic E-state index is 12.6. The summed E-state index contributed by atoms with van der Waals surface area (Å²) in [5.41, 5.74) is 2.36. The van der Waals surface area contributed by atoms with Crippen LogP contribution in [0.4, 0.5) is 5.69 Å². The van der Waals surface area contributed by atoms with Gasteiger partial charge in [-0.15, -0.1) is 0 Å². The molecular formula is C20H21NO4. The monoisotopic (exact) mass is 339 g/mol. The fourth-order valence-electron chi connectivity index (χ4n) is 3.14. The Hall–Kier alpha value is -2.82. The third-order valence-corrected chi connectivity index (χ3v) is 4.21. The summed E-state index contributed by atoms with van der Waals surface area (Å²) in [6.07, 6.45) is 0.809. The Bertz CT molecular complexity index is 787. The van der Waals surface area contributed by atoms with Gasteiger partial charge in [-0.2, -0.15) is 0 Å². The third kappa shape index (κ3) is 3.50. The summed E-state index contributed by atoms with van der Waals surface area (Å²) in [7, 11) is 0. The van der Waals surface area contributed by atoms with Crippen LogP contribution in [0.1, 0.15) is 29.8 Å². The van der Waals surface area contributed by atoms with Gasteiger partial charge in [-0.3, -0.25) is 4.79 Å². The minimum absolute atomic E-state index is 0.0549. The van der Waals surface area contributed by atoms with Crippen LogP contribution < -0.4 is 9.64 Å². The highest BCUT2D eigenvalue weighted by molar-refractivity contribution is 5.99. The van der Waals surface area contributed by atoms with Crippen molar-refractivity contribution in [1.82, 2.24) is 0 Å². The smallest absolute Gasteiger partial charge is 0.342 e. The zero-order valence-electron chi connectivity index (χ0n) is 14.4. The number of rotatable bonds is 5. The van der Waals surface area contributed by atoms with Crippen molar-refractivity contribution in [2.75, 3.05) is 18.1 Å². The lowest BCUT2D eigenvalue weighted by Gasteiger charge is -2.22. The van der Waals surface area contributed by atoms with E-state index in [-0.39, 0.29) is 18.6 Å². The molecule has 130 valence electrons. The summed E-state index contributed by atoms with van der Waals surface area (Å²) in [6.45, 7) is 3.99. The van der Waals surface area contributed by atoms with Gasteiger partial charge in [0, 0.05) is 11.7 Å². The Kier molecular flexibility index (Phi) is 5.03. The van der Waals surface area contributed by atoms with Crippen LogP contribution in [-0.4, -0.2) is 31.1 Å². The van der Waals surface area contributed by atoms with E-state index in [9.17, 15) is 9.59 Å². The average Bonchev–Trinajstić information content (AvgIpc) is 2.96. The Morgan fingerprint density at radius 2 is 1.84 bits per heavy atom. The molecule has 0 bridgehead atoms. The fourth-order valence-corrected chi connectivity index (χ4v) is 3.14. The second-order valence-corrected chi connectivity index (χ2v) is 5.95. The molecule has 25 heavy (non-hydrogen) atoms. The molecule has 0 spiro atoms. The number of ether oxygens (including phenoxy) is 2. The maximum Gasteiger partial charge on any atom is 0.342 e. The summed E-state index contributed by atoms with van der Waals surface area (Å²) in [5.74, 6) is -0.320. The highest BCUT2D eigenvalue weighted by Crippen LogP contribution is 2.31. The molecule has 5 heteroatoms. The molecule has 5 nitrogen and oxygen atoms in total. The molecule has 0 fully saturated rings. The number of anilines is 1. The summed E-state index contributed by atoms with van der Waals surface area (Å²) in [6, 6.07) is 14.7. The van der Waals surface area contributed by atoms with E-state index in [0.29, 0.717) is 17.9 Å². The average molecular weight is 339 g/mol. The van der Waals surface area contributed by atoms with Crippen molar-refractivity contribution in [2.45, 2.75) is 26.3 Å². The number of hydrogen-bond donors (Lipinski definition) is 0. The predicted octanol–water partition coefficient (Wildman–Crippen LogP) is 3.22. The van der Waals surface area contributed by atoms with Crippen LogP contribution in [0.15, 0.2) is 48.5 Å². The van der Waals surface area contributed by atoms with Gasteiger partial charge in [0.25, 0.3) is 5.91 Å². The van der Waals surface area contributed by atoms with Gasteiger partial charge < -0.3 is 14.4 Å². The molecule has 0 aliphatic carbocycles. The molecule has 0 radical (unpaired) electrons. The zero-order chi connectivity index (χ0) is 17.8. The molecule has 1 amide bonds. The number of para-hydroxylation sites is 2. The number of nitrogens with zero attached hydrogens (tertiary/aromatic N) is 1. The van der Waals surface area contributed by atoms with Gasteiger partial charge in [0.15, 0.2) is 6.61 Å². The first-order chi connectivity index (χ1) is 12.1. The standard InChI is InChI=1S/C20H21NO4/c1-3-24-18-11-7-5-9-16(18)20(23)25-13-19(22)21-14(2)12-15-8-4-6-10-17(15)21/h4-11,14H,3,12-13H2,1-2H3/t14-/m0/s1. The van der Waals surface area contributed by atoms with Crippen molar-refractivity contribution in [3.63, 3.8) is 0 Å². The van der Waals surface area contributed by atoms with Crippen LogP contribution in [0, 0.1) is 0 Å². The summed E-state index contributed by atoms with van der Waals surface area (Å²) in [5, 5.41) is 0. The minimum Gasteiger partial charge on any atom is -0.493 e. The lowest BCUT2D eigenvalue weighted by molar-refractivity contribution is -0.122. The van der Waals surface area contributed by atoms with E-state index in [2.05, 4.69) is 0 Å². The van der Waals surface area contributed by atoms with Crippen molar-refractivity contribution >= 4 is 17.6 Å². The Labute approximate surface area is 147 Å². The molecule has 2 aromatic rings. The molecule has 0 saturated heterocycles. The molecule has 1 aliphatic heterocycles. The van der Waals surface area contributed by atoms with Crippen molar-refractivity contribution < 1.29 is 19.1 Å². The molecule has 0 saturated carbocycles. The highest BCUT2D eigenvalue weighted by atomic mass is 16.5. The molecule has 3 rings (SSSR count). The highest BCUT2D eigenvalue weighted by Gasteiger charge is 2.31. The van der Waals surface area contributed by atoms with Crippen LogP contribution >= 0.6 is 0 Å². The number of hydrogen-bond acceptors (Lipinski definition) is 4. The first kappa shape index (κ1) is 17.0. The van der Waals surface area contributed by atoms with E-state index in [0.717, 1.165) is 17.7 Å². The van der Waals surface area contributed by atoms with Gasteiger partial charge in [-0.1, -0.05) is 30.3 Å². The Morgan fingerprint density at radius 1 is 1.12 bits per heavy atom. The third-order valence-electron chi connectivity index (χ3n) is 4.21. The first-order valence-electron chi connectivity index (χ1n) is 8.40. The lowest BCUT2D eigenvalue weighted by atomic mass is 10.1. The normalized spacial score (nSPS) is 15.6. The van der Waals surface area contributed by atoms with Crippen LogP contribution in [0.2, 0.25) is 0 Å². The predicted molar refractivity (Wildman–Crippen MR) is 95.0 cm³/mol. The number of carbonyl (C=O) groups is 2. The number of esters is 1. The molecule has 2 aromatic carbocycles. The maximum atomic E-state index is 12.6. The second kappa shape index (κ2) is 7.38. The fraction of sp³-hybridized carbons (Fsp3) is 0.300. The van der Waals surface area contributed by atoms with E-state index >= 15 is 0 Å². The quantitative estimate of drug-likeness (QED) is 0.785. The first-order valence-corrected chi connectivity index (χ1v) is 8.40. The summed E-state index contributed by atoms with van der Waals surface area (Å²) in [4.78, 5) is 26.6. The topological polar surface area (TPSA) is 55.8 Å². The molecule has 1 aliphatic rings. The van der Waals surface area contributed by atoms with Crippen LogP contribution in [-0.2, 0) is 16.0 Å². The number of carbonyl (C=O) groups excluding carboxylic acids is 2. The molecule has 1 atom stereocenters. The van der Waals surface area contributed by atoms with Crippen molar-refractivity contribution in [2.24, 2.45) is 0 Å². The van der Waals surface area contributed by atoms with Crippen LogP contribution in [0.3, 0.4) is 0 Å². The van der Waals surface area contributed by atoms with Gasteiger partial charge in [0.1, 0.15) is 11.3 Å². The van der Waals surface area contributed by atoms with Gasteiger partial charge in [-0.05, 0) is 44.0 Å². The van der Waals surface area contributed by atoms with Crippen molar-refractivity contribution in [3.8, 4) is 5.75 Å². The van der Waals surface area contributed by atoms with Gasteiger partial charge in [0.2, 0.25) is 0 Å². The molecule has 0 aromatic heterocycles. The van der Waals surface area contributed by atoms with Crippen LogP contribution in [0.5, 0.6) is 5.75 Å². The summed E-state index contributed by atoms with van der Waals surface area (Å²) < 4.78 is 10.7. The zero-order valence-corrected chi connectivity index (χ0v) is 14.4.